The molecule has 1 nitrogen and oxygen atoms in total. The molecule has 26 heavy (non-hydrogen) atoms. The van der Waals surface area contributed by atoms with Crippen LogP contribution in [0.4, 0.5) is 0 Å². The first-order chi connectivity index (χ1) is 12.3. The number of hydrogen-bond acceptors (Lipinski definition) is 1. The normalized spacial score (nSPS) is 12.2. The lowest BCUT2D eigenvalue weighted by molar-refractivity contribution is -0.117. The first-order valence-corrected chi connectivity index (χ1v) is 9.95. The minimum absolute atomic E-state index is 0.307. The topological polar surface area (TPSA) is 17.1 Å². The molecule has 2 rings (SSSR count). The van der Waals surface area contributed by atoms with Gasteiger partial charge in [-0.05, 0) is 93.3 Å². The molecule has 0 radical (unpaired) electrons. The third-order valence-corrected chi connectivity index (χ3v) is 6.13. The molecule has 0 N–H and O–H groups in total. The Balaban J connectivity index is 2.35. The van der Waals surface area contributed by atoms with E-state index in [4.69, 9.17) is 0 Å². The van der Waals surface area contributed by atoms with Gasteiger partial charge in [0.25, 0.3) is 0 Å². The van der Waals surface area contributed by atoms with Crippen LogP contribution in [0.1, 0.15) is 83.9 Å². The Kier molecular flexibility index (Phi) is 7.20. The predicted octanol–water partition coefficient (Wildman–Crippen LogP) is 6.90. The van der Waals surface area contributed by atoms with Crippen LogP contribution in [0.3, 0.4) is 0 Å². The summed E-state index contributed by atoms with van der Waals surface area (Å²) >= 11 is 0. The minimum atomic E-state index is 0.307. The molecule has 1 unspecified atom stereocenters. The van der Waals surface area contributed by atoms with Gasteiger partial charge in [0.15, 0.2) is 0 Å². The lowest BCUT2D eigenvalue weighted by atomic mass is 9.78. The predicted molar refractivity (Wildman–Crippen MR) is 112 cm³/mol. The highest BCUT2D eigenvalue weighted by molar-refractivity contribution is 5.75. The van der Waals surface area contributed by atoms with Crippen LogP contribution in [0, 0.1) is 34.6 Å². The Hall–Kier alpha value is -1.89. The molecule has 0 saturated heterocycles. The molecule has 0 bridgehead atoms. The van der Waals surface area contributed by atoms with E-state index >= 15 is 0 Å². The zero-order valence-corrected chi connectivity index (χ0v) is 17.4. The second-order valence-corrected chi connectivity index (χ2v) is 7.80. The van der Waals surface area contributed by atoms with Crippen LogP contribution in [-0.2, 0) is 4.79 Å². The number of Topliss-reactive ketones (excluding diaryl/α,β-unsaturated/α-hetero) is 1. The van der Waals surface area contributed by atoms with Crippen molar-refractivity contribution in [3.05, 3.63) is 69.3 Å². The third-order valence-electron chi connectivity index (χ3n) is 6.13. The second kappa shape index (κ2) is 9.16. The molecule has 2 aromatic carbocycles. The van der Waals surface area contributed by atoms with E-state index in [1.54, 1.807) is 6.92 Å². The van der Waals surface area contributed by atoms with E-state index in [0.29, 0.717) is 11.7 Å². The molecule has 1 atom stereocenters. The number of carbonyl (C=O) groups excluding carboxylic acids is 1. The zero-order chi connectivity index (χ0) is 19.3. The van der Waals surface area contributed by atoms with Gasteiger partial charge in [0.1, 0.15) is 5.78 Å². The Morgan fingerprint density at radius 3 is 1.85 bits per heavy atom. The van der Waals surface area contributed by atoms with Gasteiger partial charge in [-0.2, -0.15) is 0 Å². The van der Waals surface area contributed by atoms with Crippen LogP contribution in [0.15, 0.2) is 30.3 Å². The second-order valence-electron chi connectivity index (χ2n) is 7.80. The maximum atomic E-state index is 11.2. The van der Waals surface area contributed by atoms with Crippen LogP contribution in [0.2, 0.25) is 0 Å². The SMILES string of the molecule is CC(=O)CCCCCC(c1ccccc1)c1c(C)c(C)c(C)c(C)c1C. The molecule has 0 fully saturated rings. The molecule has 0 heterocycles. The molecule has 0 aliphatic rings. The molecule has 0 spiro atoms. The van der Waals surface area contributed by atoms with Gasteiger partial charge in [-0.3, -0.25) is 0 Å². The van der Waals surface area contributed by atoms with Crippen molar-refractivity contribution in [1.29, 1.82) is 0 Å². The van der Waals surface area contributed by atoms with Gasteiger partial charge < -0.3 is 4.79 Å². The van der Waals surface area contributed by atoms with E-state index in [1.165, 1.54) is 38.9 Å². The summed E-state index contributed by atoms with van der Waals surface area (Å²) < 4.78 is 0. The van der Waals surface area contributed by atoms with E-state index in [0.717, 1.165) is 32.1 Å². The number of carbonyl (C=O) groups is 1. The molecule has 0 aromatic heterocycles. The van der Waals surface area contributed by atoms with Gasteiger partial charge in [-0.1, -0.05) is 43.2 Å². The number of hydrogen-bond donors (Lipinski definition) is 0. The summed E-state index contributed by atoms with van der Waals surface area (Å²) in [5, 5.41) is 0. The standard InChI is InChI=1S/C25H34O/c1-17(26)13-9-7-12-16-24(23-14-10-8-11-15-23)25-21(5)19(3)18(2)20(4)22(25)6/h8,10-11,14-15,24H,7,9,12-13,16H2,1-6H3. The first kappa shape index (κ1) is 20.4. The fraction of sp³-hybridized carbons (Fsp3) is 0.480. The zero-order valence-electron chi connectivity index (χ0n) is 17.4. The third kappa shape index (κ3) is 4.63. The smallest absolute Gasteiger partial charge is 0.129 e. The summed E-state index contributed by atoms with van der Waals surface area (Å²) in [6.45, 7) is 13.0. The molecular weight excluding hydrogens is 316 g/mol. The Morgan fingerprint density at radius 1 is 0.769 bits per heavy atom. The van der Waals surface area contributed by atoms with Crippen molar-refractivity contribution in [3.63, 3.8) is 0 Å². The molecule has 0 aliphatic heterocycles. The summed E-state index contributed by atoms with van der Waals surface area (Å²) in [6.07, 6.45) is 5.17. The fourth-order valence-corrected chi connectivity index (χ4v) is 4.11. The van der Waals surface area contributed by atoms with E-state index in [9.17, 15) is 4.79 Å². The minimum Gasteiger partial charge on any atom is -0.300 e. The van der Waals surface area contributed by atoms with Gasteiger partial charge in [0, 0.05) is 12.3 Å². The van der Waals surface area contributed by atoms with Gasteiger partial charge in [0.05, 0.1) is 0 Å². The molecule has 0 saturated carbocycles. The molecule has 0 aliphatic carbocycles. The summed E-state index contributed by atoms with van der Waals surface area (Å²) in [5.41, 5.74) is 10.1. The maximum absolute atomic E-state index is 11.2. The van der Waals surface area contributed by atoms with Crippen LogP contribution in [0.5, 0.6) is 0 Å². The van der Waals surface area contributed by atoms with Crippen molar-refractivity contribution in [2.75, 3.05) is 0 Å². The molecule has 0 amide bonds. The summed E-state index contributed by atoms with van der Waals surface area (Å²) in [5.74, 6) is 0.743. The maximum Gasteiger partial charge on any atom is 0.129 e. The van der Waals surface area contributed by atoms with E-state index < -0.39 is 0 Å². The van der Waals surface area contributed by atoms with Crippen LogP contribution >= 0.6 is 0 Å². The van der Waals surface area contributed by atoms with Crippen LogP contribution < -0.4 is 0 Å². The van der Waals surface area contributed by atoms with E-state index in [2.05, 4.69) is 65.0 Å². The molecular formula is C25H34O. The lowest BCUT2D eigenvalue weighted by Gasteiger charge is -2.26. The average Bonchev–Trinajstić information content (AvgIpc) is 2.63. The van der Waals surface area contributed by atoms with Crippen molar-refractivity contribution < 1.29 is 4.79 Å². The van der Waals surface area contributed by atoms with E-state index in [1.807, 2.05) is 0 Å². The highest BCUT2D eigenvalue weighted by Crippen LogP contribution is 2.38. The number of rotatable bonds is 8. The van der Waals surface area contributed by atoms with Crippen molar-refractivity contribution in [1.82, 2.24) is 0 Å². The van der Waals surface area contributed by atoms with E-state index in [-0.39, 0.29) is 0 Å². The molecule has 1 heteroatoms. The Morgan fingerprint density at radius 2 is 1.31 bits per heavy atom. The molecule has 2 aromatic rings. The summed E-state index contributed by atoms with van der Waals surface area (Å²) in [7, 11) is 0. The number of ketones is 1. The average molecular weight is 351 g/mol. The Bertz CT molecular complexity index is 726. The first-order valence-electron chi connectivity index (χ1n) is 9.95. The number of unbranched alkanes of at least 4 members (excludes halogenated alkanes) is 2. The van der Waals surface area contributed by atoms with Crippen molar-refractivity contribution in [3.8, 4) is 0 Å². The quantitative estimate of drug-likeness (QED) is 0.473. The van der Waals surface area contributed by atoms with Gasteiger partial charge in [0.2, 0.25) is 0 Å². The summed E-state index contributed by atoms with van der Waals surface area (Å²) in [4.78, 5) is 11.2. The van der Waals surface area contributed by atoms with Crippen molar-refractivity contribution in [2.24, 2.45) is 0 Å². The molecule has 140 valence electrons. The monoisotopic (exact) mass is 350 g/mol. The largest absolute Gasteiger partial charge is 0.300 e. The lowest BCUT2D eigenvalue weighted by Crippen LogP contribution is -2.10. The van der Waals surface area contributed by atoms with Gasteiger partial charge >= 0.3 is 0 Å². The number of benzene rings is 2. The van der Waals surface area contributed by atoms with Crippen LogP contribution in [-0.4, -0.2) is 5.78 Å². The highest BCUT2D eigenvalue weighted by Gasteiger charge is 2.21. The summed E-state index contributed by atoms with van der Waals surface area (Å²) in [6, 6.07) is 10.9. The highest BCUT2D eigenvalue weighted by atomic mass is 16.1. The van der Waals surface area contributed by atoms with Crippen LogP contribution in [0.25, 0.3) is 0 Å². The van der Waals surface area contributed by atoms with Gasteiger partial charge in [-0.25, -0.2) is 0 Å². The fourth-order valence-electron chi connectivity index (χ4n) is 4.11. The van der Waals surface area contributed by atoms with Gasteiger partial charge in [-0.15, -0.1) is 0 Å². The van der Waals surface area contributed by atoms with Crippen molar-refractivity contribution >= 4 is 5.78 Å². The Labute approximate surface area is 159 Å². The van der Waals surface area contributed by atoms with Crippen molar-refractivity contribution in [2.45, 2.75) is 79.6 Å².